The standard InChI is InChI=1S/C30H41N3O4/c1-19(2)25(32-29(36)37-30(5,6)7)28(35)33(22-15-12-16-22)26(23-17-10-8-13-20(23)3)27(34)31-24-18-11-9-14-21(24)4/h8-11,13-14,17-19,22,25-26H,12,15-16H2,1-7H3,(H,31,34)(H,32,36). The Labute approximate surface area is 221 Å². The number of nitrogens with zero attached hydrogens (tertiary/aromatic N) is 1. The molecule has 3 rings (SSSR count). The van der Waals surface area contributed by atoms with Crippen molar-refractivity contribution in [3.63, 3.8) is 0 Å². The number of carbonyl (C=O) groups is 3. The maximum Gasteiger partial charge on any atom is 0.408 e. The summed E-state index contributed by atoms with van der Waals surface area (Å²) in [6.07, 6.45) is 1.96. The Morgan fingerprint density at radius 2 is 1.54 bits per heavy atom. The molecular weight excluding hydrogens is 466 g/mol. The summed E-state index contributed by atoms with van der Waals surface area (Å²) in [5.41, 5.74) is 2.64. The first-order valence-corrected chi connectivity index (χ1v) is 13.1. The van der Waals surface area contributed by atoms with E-state index in [1.165, 1.54) is 0 Å². The van der Waals surface area contributed by atoms with Gasteiger partial charge in [0.2, 0.25) is 5.91 Å². The molecule has 1 aliphatic rings. The van der Waals surface area contributed by atoms with Gasteiger partial charge in [0.15, 0.2) is 0 Å². The summed E-state index contributed by atoms with van der Waals surface area (Å²) in [5, 5.41) is 5.86. The number of alkyl carbamates (subject to hydrolysis) is 1. The van der Waals surface area contributed by atoms with Crippen molar-refractivity contribution in [2.24, 2.45) is 5.92 Å². The Morgan fingerprint density at radius 1 is 0.946 bits per heavy atom. The van der Waals surface area contributed by atoms with Crippen LogP contribution in [-0.2, 0) is 14.3 Å². The molecule has 3 amide bonds. The second kappa shape index (κ2) is 11.8. The van der Waals surface area contributed by atoms with Crippen molar-refractivity contribution < 1.29 is 19.1 Å². The molecule has 37 heavy (non-hydrogen) atoms. The van der Waals surface area contributed by atoms with Gasteiger partial charge in [-0.05, 0) is 82.6 Å². The minimum atomic E-state index is -0.847. The van der Waals surface area contributed by atoms with Crippen LogP contribution in [0.2, 0.25) is 0 Å². The van der Waals surface area contributed by atoms with E-state index in [1.54, 1.807) is 25.7 Å². The zero-order valence-corrected chi connectivity index (χ0v) is 23.1. The largest absolute Gasteiger partial charge is 0.444 e. The van der Waals surface area contributed by atoms with E-state index < -0.39 is 23.8 Å². The molecule has 0 radical (unpaired) electrons. The molecule has 2 N–H and O–H groups in total. The predicted molar refractivity (Wildman–Crippen MR) is 146 cm³/mol. The van der Waals surface area contributed by atoms with Gasteiger partial charge in [-0.1, -0.05) is 56.3 Å². The molecule has 7 nitrogen and oxygen atoms in total. The van der Waals surface area contributed by atoms with Gasteiger partial charge in [-0.2, -0.15) is 0 Å². The Kier molecular flexibility index (Phi) is 9.00. The van der Waals surface area contributed by atoms with Crippen LogP contribution in [0.15, 0.2) is 48.5 Å². The molecule has 0 aromatic heterocycles. The molecule has 0 aliphatic heterocycles. The molecule has 0 saturated heterocycles. The Balaban J connectivity index is 2.03. The van der Waals surface area contributed by atoms with E-state index in [1.807, 2.05) is 76.2 Å². The number of amides is 3. The Hall–Kier alpha value is -3.35. The van der Waals surface area contributed by atoms with Crippen molar-refractivity contribution in [2.45, 2.75) is 91.5 Å². The summed E-state index contributed by atoms with van der Waals surface area (Å²) in [5.74, 6) is -0.762. The minimum absolute atomic E-state index is 0.0959. The number of hydrogen-bond acceptors (Lipinski definition) is 4. The highest BCUT2D eigenvalue weighted by Gasteiger charge is 2.43. The number of ether oxygens (including phenoxy) is 1. The van der Waals surface area contributed by atoms with Crippen LogP contribution in [0.5, 0.6) is 0 Å². The minimum Gasteiger partial charge on any atom is -0.444 e. The number of hydrogen-bond donors (Lipinski definition) is 2. The molecule has 0 heterocycles. The van der Waals surface area contributed by atoms with Crippen molar-refractivity contribution >= 4 is 23.6 Å². The smallest absolute Gasteiger partial charge is 0.408 e. The van der Waals surface area contributed by atoms with E-state index in [-0.39, 0.29) is 23.8 Å². The number of anilines is 1. The molecule has 2 aromatic rings. The second-order valence-corrected chi connectivity index (χ2v) is 11.3. The lowest BCUT2D eigenvalue weighted by atomic mass is 9.86. The van der Waals surface area contributed by atoms with E-state index >= 15 is 0 Å². The van der Waals surface area contributed by atoms with Gasteiger partial charge >= 0.3 is 6.09 Å². The SMILES string of the molecule is Cc1ccccc1NC(=O)C(c1ccccc1C)N(C(=O)C(NC(=O)OC(C)(C)C)C(C)C)C1CCC1. The monoisotopic (exact) mass is 507 g/mol. The highest BCUT2D eigenvalue weighted by Crippen LogP contribution is 2.36. The number of para-hydroxylation sites is 1. The lowest BCUT2D eigenvalue weighted by molar-refractivity contribution is -0.146. The Morgan fingerprint density at radius 3 is 2.05 bits per heavy atom. The molecule has 0 spiro atoms. The van der Waals surface area contributed by atoms with Crippen LogP contribution in [0.1, 0.15) is 76.6 Å². The van der Waals surface area contributed by atoms with E-state index in [0.29, 0.717) is 5.69 Å². The van der Waals surface area contributed by atoms with Gasteiger partial charge in [0, 0.05) is 11.7 Å². The number of benzene rings is 2. The molecule has 1 fully saturated rings. The van der Waals surface area contributed by atoms with Crippen molar-refractivity contribution in [1.82, 2.24) is 10.2 Å². The third kappa shape index (κ3) is 7.12. The van der Waals surface area contributed by atoms with Gasteiger partial charge in [0.1, 0.15) is 17.7 Å². The summed E-state index contributed by atoms with van der Waals surface area (Å²) >= 11 is 0. The molecule has 1 saturated carbocycles. The normalized spacial score (nSPS) is 15.4. The van der Waals surface area contributed by atoms with Crippen molar-refractivity contribution in [1.29, 1.82) is 0 Å². The summed E-state index contributed by atoms with van der Waals surface area (Å²) in [6.45, 7) is 13.0. The molecule has 2 atom stereocenters. The van der Waals surface area contributed by atoms with Crippen LogP contribution in [0.25, 0.3) is 0 Å². The average Bonchev–Trinajstić information content (AvgIpc) is 2.76. The first-order chi connectivity index (χ1) is 17.4. The van der Waals surface area contributed by atoms with Crippen LogP contribution >= 0.6 is 0 Å². The van der Waals surface area contributed by atoms with Crippen LogP contribution < -0.4 is 10.6 Å². The average molecular weight is 508 g/mol. The molecular formula is C30H41N3O4. The fraction of sp³-hybridized carbons (Fsp3) is 0.500. The topological polar surface area (TPSA) is 87.7 Å². The van der Waals surface area contributed by atoms with Crippen molar-refractivity contribution in [3.05, 3.63) is 65.2 Å². The van der Waals surface area contributed by atoms with Crippen molar-refractivity contribution in [2.75, 3.05) is 5.32 Å². The highest BCUT2D eigenvalue weighted by atomic mass is 16.6. The molecule has 1 aliphatic carbocycles. The van der Waals surface area contributed by atoms with Crippen LogP contribution in [0.4, 0.5) is 10.5 Å². The Bertz CT molecular complexity index is 1120. The number of aryl methyl sites for hydroxylation is 2. The second-order valence-electron chi connectivity index (χ2n) is 11.3. The maximum absolute atomic E-state index is 14.2. The summed E-state index contributed by atoms with van der Waals surface area (Å²) < 4.78 is 5.45. The summed E-state index contributed by atoms with van der Waals surface area (Å²) in [4.78, 5) is 42.6. The van der Waals surface area contributed by atoms with E-state index in [0.717, 1.165) is 36.0 Å². The van der Waals surface area contributed by atoms with Gasteiger partial charge in [0.25, 0.3) is 5.91 Å². The molecule has 200 valence electrons. The van der Waals surface area contributed by atoms with Crippen LogP contribution in [0.3, 0.4) is 0 Å². The zero-order valence-electron chi connectivity index (χ0n) is 23.1. The fourth-order valence-electron chi connectivity index (χ4n) is 4.52. The number of nitrogens with one attached hydrogen (secondary N) is 2. The highest BCUT2D eigenvalue weighted by molar-refractivity contribution is 5.99. The lowest BCUT2D eigenvalue weighted by Gasteiger charge is -2.44. The van der Waals surface area contributed by atoms with E-state index in [2.05, 4.69) is 10.6 Å². The zero-order chi connectivity index (χ0) is 27.3. The van der Waals surface area contributed by atoms with Crippen LogP contribution in [-0.4, -0.2) is 40.5 Å². The predicted octanol–water partition coefficient (Wildman–Crippen LogP) is 5.91. The molecule has 2 aromatic carbocycles. The van der Waals surface area contributed by atoms with E-state index in [9.17, 15) is 14.4 Å². The number of rotatable bonds is 8. The third-order valence-corrected chi connectivity index (χ3v) is 6.74. The molecule has 7 heteroatoms. The van der Waals surface area contributed by atoms with Gasteiger partial charge < -0.3 is 20.3 Å². The molecule has 0 bridgehead atoms. The molecule has 2 unspecified atom stereocenters. The third-order valence-electron chi connectivity index (χ3n) is 6.74. The van der Waals surface area contributed by atoms with Crippen LogP contribution in [0, 0.1) is 19.8 Å². The first kappa shape index (κ1) is 28.2. The fourth-order valence-corrected chi connectivity index (χ4v) is 4.52. The summed E-state index contributed by atoms with van der Waals surface area (Å²) in [7, 11) is 0. The van der Waals surface area contributed by atoms with Gasteiger partial charge in [-0.25, -0.2) is 4.79 Å². The van der Waals surface area contributed by atoms with E-state index in [4.69, 9.17) is 4.74 Å². The quantitative estimate of drug-likeness (QED) is 0.465. The maximum atomic E-state index is 14.2. The number of carbonyl (C=O) groups excluding carboxylic acids is 3. The van der Waals surface area contributed by atoms with Gasteiger partial charge in [-0.15, -0.1) is 0 Å². The summed E-state index contributed by atoms with van der Waals surface area (Å²) in [6, 6.07) is 13.5. The van der Waals surface area contributed by atoms with Crippen molar-refractivity contribution in [3.8, 4) is 0 Å². The van der Waals surface area contributed by atoms with Gasteiger partial charge in [0.05, 0.1) is 0 Å². The first-order valence-electron chi connectivity index (χ1n) is 13.1. The van der Waals surface area contributed by atoms with Gasteiger partial charge in [-0.3, -0.25) is 9.59 Å². The lowest BCUT2D eigenvalue weighted by Crippen LogP contribution is -2.58.